The first-order valence-corrected chi connectivity index (χ1v) is 7.13. The summed E-state index contributed by atoms with van der Waals surface area (Å²) in [6.07, 6.45) is 3.48. The van der Waals surface area contributed by atoms with E-state index in [9.17, 15) is 0 Å². The Morgan fingerprint density at radius 3 is 3.00 bits per heavy atom. The molecule has 0 saturated heterocycles. The number of anilines is 2. The smallest absolute Gasteiger partial charge is 0.0558 e. The Hall–Kier alpha value is -1.26. The van der Waals surface area contributed by atoms with Gasteiger partial charge >= 0.3 is 0 Å². The van der Waals surface area contributed by atoms with Gasteiger partial charge in [0.2, 0.25) is 0 Å². The number of likely N-dealkylation sites (N-methyl/N-ethyl adjacent to an activating group) is 1. The second kappa shape index (κ2) is 6.78. The summed E-state index contributed by atoms with van der Waals surface area (Å²) in [6.45, 7) is 4.24. The van der Waals surface area contributed by atoms with Crippen LogP contribution in [0.5, 0.6) is 0 Å². The van der Waals surface area contributed by atoms with E-state index in [1.807, 2.05) is 6.07 Å². The largest absolute Gasteiger partial charge is 0.399 e. The predicted molar refractivity (Wildman–Crippen MR) is 80.6 cm³/mol. The first-order valence-electron chi connectivity index (χ1n) is 7.13. The van der Waals surface area contributed by atoms with Crippen LogP contribution in [0.4, 0.5) is 11.4 Å². The third kappa shape index (κ3) is 3.85. The van der Waals surface area contributed by atoms with Gasteiger partial charge in [-0.1, -0.05) is 0 Å². The summed E-state index contributed by atoms with van der Waals surface area (Å²) in [5.41, 5.74) is 9.45. The lowest BCUT2D eigenvalue weighted by atomic mass is 10.0. The van der Waals surface area contributed by atoms with Gasteiger partial charge in [0.05, 0.1) is 6.61 Å². The molecule has 1 aromatic carbocycles. The van der Waals surface area contributed by atoms with Gasteiger partial charge in [-0.2, -0.15) is 0 Å². The molecule has 0 aliphatic carbocycles. The van der Waals surface area contributed by atoms with Crippen LogP contribution in [0.2, 0.25) is 0 Å². The molecule has 0 saturated carbocycles. The number of aryl methyl sites for hydroxylation is 1. The fourth-order valence-electron chi connectivity index (χ4n) is 2.74. The monoisotopic (exact) mass is 263 g/mol. The molecule has 0 bridgehead atoms. The molecule has 0 atom stereocenters. The molecule has 106 valence electrons. The third-order valence-electron chi connectivity index (χ3n) is 3.77. The Morgan fingerprint density at radius 1 is 1.37 bits per heavy atom. The highest BCUT2D eigenvalue weighted by molar-refractivity contribution is 5.61. The third-order valence-corrected chi connectivity index (χ3v) is 3.77. The molecule has 3 N–H and O–H groups in total. The van der Waals surface area contributed by atoms with Gasteiger partial charge in [0.15, 0.2) is 0 Å². The predicted octanol–water partition coefficient (Wildman–Crippen LogP) is 1.34. The van der Waals surface area contributed by atoms with Gasteiger partial charge in [-0.05, 0) is 56.6 Å². The summed E-state index contributed by atoms with van der Waals surface area (Å²) in [5.74, 6) is 0. The summed E-state index contributed by atoms with van der Waals surface area (Å²) in [4.78, 5) is 4.64. The molecule has 1 heterocycles. The molecule has 0 aromatic heterocycles. The first-order chi connectivity index (χ1) is 9.20. The summed E-state index contributed by atoms with van der Waals surface area (Å²) in [5, 5.41) is 8.88. The van der Waals surface area contributed by atoms with Crippen molar-refractivity contribution < 1.29 is 5.11 Å². The van der Waals surface area contributed by atoms with Crippen molar-refractivity contribution in [2.45, 2.75) is 19.3 Å². The molecule has 0 amide bonds. The second-order valence-corrected chi connectivity index (χ2v) is 5.36. The maximum Gasteiger partial charge on any atom is 0.0558 e. The van der Waals surface area contributed by atoms with E-state index in [4.69, 9.17) is 10.8 Å². The SMILES string of the molecule is CN(CCO)CCCN1CCCc2cc(N)ccc21. The van der Waals surface area contributed by atoms with Crippen LogP contribution in [0, 0.1) is 0 Å². The van der Waals surface area contributed by atoms with Crippen LogP contribution in [-0.4, -0.2) is 49.8 Å². The van der Waals surface area contributed by atoms with Crippen LogP contribution in [0.3, 0.4) is 0 Å². The lowest BCUT2D eigenvalue weighted by molar-refractivity contribution is 0.220. The zero-order valence-electron chi connectivity index (χ0n) is 11.8. The van der Waals surface area contributed by atoms with Crippen molar-refractivity contribution in [2.24, 2.45) is 0 Å². The molecule has 2 rings (SSSR count). The van der Waals surface area contributed by atoms with Gasteiger partial charge in [-0.15, -0.1) is 0 Å². The van der Waals surface area contributed by atoms with Crippen molar-refractivity contribution in [1.82, 2.24) is 4.90 Å². The molecular weight excluding hydrogens is 238 g/mol. The second-order valence-electron chi connectivity index (χ2n) is 5.36. The molecule has 4 heteroatoms. The highest BCUT2D eigenvalue weighted by atomic mass is 16.3. The molecular formula is C15H25N3O. The van der Waals surface area contributed by atoms with Gasteiger partial charge < -0.3 is 20.6 Å². The Kier molecular flexibility index (Phi) is 5.05. The van der Waals surface area contributed by atoms with E-state index in [1.54, 1.807) is 0 Å². The van der Waals surface area contributed by atoms with Crippen molar-refractivity contribution in [3.05, 3.63) is 23.8 Å². The van der Waals surface area contributed by atoms with E-state index < -0.39 is 0 Å². The molecule has 0 radical (unpaired) electrons. The zero-order chi connectivity index (χ0) is 13.7. The van der Waals surface area contributed by atoms with E-state index in [0.29, 0.717) is 0 Å². The number of nitrogens with two attached hydrogens (primary N) is 1. The van der Waals surface area contributed by atoms with E-state index in [2.05, 4.69) is 29.0 Å². The van der Waals surface area contributed by atoms with Crippen LogP contribution < -0.4 is 10.6 Å². The zero-order valence-corrected chi connectivity index (χ0v) is 11.8. The summed E-state index contributed by atoms with van der Waals surface area (Å²) in [6, 6.07) is 6.26. The van der Waals surface area contributed by atoms with Crippen LogP contribution >= 0.6 is 0 Å². The number of hydrogen-bond acceptors (Lipinski definition) is 4. The highest BCUT2D eigenvalue weighted by Gasteiger charge is 2.16. The Bertz CT molecular complexity index is 408. The van der Waals surface area contributed by atoms with E-state index in [-0.39, 0.29) is 6.61 Å². The molecule has 1 aliphatic heterocycles. The molecule has 1 aliphatic rings. The number of nitrogens with zero attached hydrogens (tertiary/aromatic N) is 2. The number of rotatable bonds is 6. The van der Waals surface area contributed by atoms with Gasteiger partial charge in [0.1, 0.15) is 0 Å². The number of fused-ring (bicyclic) bond motifs is 1. The normalized spacial score (nSPS) is 14.8. The summed E-state index contributed by atoms with van der Waals surface area (Å²) < 4.78 is 0. The van der Waals surface area contributed by atoms with Gasteiger partial charge in [-0.25, -0.2) is 0 Å². The Morgan fingerprint density at radius 2 is 2.21 bits per heavy atom. The maximum absolute atomic E-state index is 8.88. The number of hydrogen-bond donors (Lipinski definition) is 2. The summed E-state index contributed by atoms with van der Waals surface area (Å²) in [7, 11) is 2.06. The number of nitrogen functional groups attached to an aromatic ring is 1. The number of benzene rings is 1. The van der Waals surface area contributed by atoms with Crippen LogP contribution in [0.25, 0.3) is 0 Å². The summed E-state index contributed by atoms with van der Waals surface area (Å²) >= 11 is 0. The van der Waals surface area contributed by atoms with E-state index in [0.717, 1.165) is 44.7 Å². The number of aliphatic hydroxyl groups is 1. The topological polar surface area (TPSA) is 52.7 Å². The van der Waals surface area contributed by atoms with Crippen molar-refractivity contribution in [1.29, 1.82) is 0 Å². The van der Waals surface area contributed by atoms with Gasteiger partial charge in [0, 0.05) is 31.0 Å². The van der Waals surface area contributed by atoms with Crippen molar-refractivity contribution >= 4 is 11.4 Å². The van der Waals surface area contributed by atoms with Crippen LogP contribution in [0.1, 0.15) is 18.4 Å². The quantitative estimate of drug-likeness (QED) is 0.760. The maximum atomic E-state index is 8.88. The van der Waals surface area contributed by atoms with Gasteiger partial charge in [-0.3, -0.25) is 0 Å². The Balaban J connectivity index is 1.89. The number of aliphatic hydroxyl groups excluding tert-OH is 1. The Labute approximate surface area is 115 Å². The highest BCUT2D eigenvalue weighted by Crippen LogP contribution is 2.28. The minimum absolute atomic E-state index is 0.238. The van der Waals surface area contributed by atoms with E-state index >= 15 is 0 Å². The molecule has 0 spiro atoms. The lowest BCUT2D eigenvalue weighted by Crippen LogP contribution is -2.33. The minimum Gasteiger partial charge on any atom is -0.399 e. The fraction of sp³-hybridized carbons (Fsp3) is 0.600. The molecule has 4 nitrogen and oxygen atoms in total. The first kappa shape index (κ1) is 14.2. The lowest BCUT2D eigenvalue weighted by Gasteiger charge is -2.32. The van der Waals surface area contributed by atoms with Crippen molar-refractivity contribution in [2.75, 3.05) is 50.5 Å². The molecule has 0 unspecified atom stereocenters. The van der Waals surface area contributed by atoms with Crippen molar-refractivity contribution in [3.8, 4) is 0 Å². The average molecular weight is 263 g/mol. The minimum atomic E-state index is 0.238. The molecule has 19 heavy (non-hydrogen) atoms. The molecule has 1 aromatic rings. The van der Waals surface area contributed by atoms with Crippen molar-refractivity contribution in [3.63, 3.8) is 0 Å². The standard InChI is InChI=1S/C15H25N3O/c1-17(10-11-19)7-3-9-18-8-2-4-13-12-14(16)5-6-15(13)18/h5-6,12,19H,2-4,7-11,16H2,1H3. The fourth-order valence-corrected chi connectivity index (χ4v) is 2.74. The van der Waals surface area contributed by atoms with Crippen LogP contribution in [-0.2, 0) is 6.42 Å². The average Bonchev–Trinajstić information content (AvgIpc) is 2.39. The van der Waals surface area contributed by atoms with Gasteiger partial charge in [0.25, 0.3) is 0 Å². The van der Waals surface area contributed by atoms with E-state index in [1.165, 1.54) is 17.7 Å². The van der Waals surface area contributed by atoms with Crippen LogP contribution in [0.15, 0.2) is 18.2 Å². The molecule has 0 fully saturated rings.